The molecule has 2 aromatic carbocycles. The largest absolute Gasteiger partial charge is 0.457 e. The average Bonchev–Trinajstić information content (AvgIpc) is 2.37. The summed E-state index contributed by atoms with van der Waals surface area (Å²) in [7, 11) is 0. The van der Waals surface area contributed by atoms with Gasteiger partial charge in [-0.1, -0.05) is 33.6 Å². The molecule has 0 fully saturated rings. The first-order chi connectivity index (χ1) is 9.45. The molecule has 0 saturated carbocycles. The molecule has 0 bridgehead atoms. The van der Waals surface area contributed by atoms with Crippen molar-refractivity contribution in [2.24, 2.45) is 5.73 Å². The van der Waals surface area contributed by atoms with E-state index < -0.39 is 0 Å². The molecular weight excluding hydrogens is 338 g/mol. The Bertz CT molecular complexity index is 613. The lowest BCUT2D eigenvalue weighted by molar-refractivity contribution is 0.482. The van der Waals surface area contributed by atoms with Gasteiger partial charge in [0.05, 0.1) is 0 Å². The van der Waals surface area contributed by atoms with E-state index in [-0.39, 0.29) is 6.04 Å². The number of hydrogen-bond donors (Lipinski definition) is 1. The second-order valence-corrected chi connectivity index (χ2v) is 6.21. The highest BCUT2D eigenvalue weighted by Crippen LogP contribution is 2.29. The monoisotopic (exact) mass is 353 g/mol. The van der Waals surface area contributed by atoms with Crippen molar-refractivity contribution >= 4 is 27.5 Å². The van der Waals surface area contributed by atoms with E-state index in [1.165, 1.54) is 0 Å². The van der Waals surface area contributed by atoms with Crippen LogP contribution >= 0.6 is 27.5 Å². The van der Waals surface area contributed by atoms with Crippen molar-refractivity contribution in [3.8, 4) is 11.5 Å². The predicted octanol–water partition coefficient (Wildman–Crippen LogP) is 5.09. The van der Waals surface area contributed by atoms with Crippen LogP contribution < -0.4 is 10.5 Å². The summed E-state index contributed by atoms with van der Waals surface area (Å²) in [5.74, 6) is 1.52. The summed E-state index contributed by atoms with van der Waals surface area (Å²) in [5, 5.41) is 0.689. The average molecular weight is 355 g/mol. The van der Waals surface area contributed by atoms with E-state index in [1.807, 2.05) is 50.2 Å². The van der Waals surface area contributed by atoms with Crippen molar-refractivity contribution in [1.29, 1.82) is 0 Å². The van der Waals surface area contributed by atoms with E-state index in [0.717, 1.165) is 33.5 Å². The zero-order valence-corrected chi connectivity index (χ0v) is 13.8. The lowest BCUT2D eigenvalue weighted by Gasteiger charge is -2.11. The number of benzene rings is 2. The second-order valence-electron chi connectivity index (χ2n) is 4.95. The Kier molecular flexibility index (Phi) is 5.08. The van der Waals surface area contributed by atoms with Crippen LogP contribution in [0.3, 0.4) is 0 Å². The van der Waals surface area contributed by atoms with E-state index in [2.05, 4.69) is 15.9 Å². The molecule has 0 aliphatic carbocycles. The maximum Gasteiger partial charge on any atom is 0.128 e. The topological polar surface area (TPSA) is 35.2 Å². The molecule has 0 aliphatic rings. The van der Waals surface area contributed by atoms with Crippen molar-refractivity contribution in [2.75, 3.05) is 0 Å². The van der Waals surface area contributed by atoms with Gasteiger partial charge in [0.15, 0.2) is 0 Å². The molecule has 0 saturated heterocycles. The van der Waals surface area contributed by atoms with E-state index >= 15 is 0 Å². The van der Waals surface area contributed by atoms with Gasteiger partial charge < -0.3 is 10.5 Å². The first-order valence-corrected chi connectivity index (χ1v) is 7.61. The molecule has 0 heterocycles. The third-order valence-corrected chi connectivity index (χ3v) is 4.17. The zero-order valence-electron chi connectivity index (χ0n) is 11.5. The Labute approximate surface area is 133 Å². The summed E-state index contributed by atoms with van der Waals surface area (Å²) < 4.78 is 6.88. The fraction of sp³-hybridized carbons (Fsp3) is 0.250. The Morgan fingerprint density at radius 1 is 1.20 bits per heavy atom. The molecule has 0 spiro atoms. The van der Waals surface area contributed by atoms with Gasteiger partial charge >= 0.3 is 0 Å². The molecule has 4 heteroatoms. The first kappa shape index (κ1) is 15.4. The number of aryl methyl sites for hydroxylation is 1. The normalized spacial score (nSPS) is 12.2. The molecule has 0 radical (unpaired) electrons. The summed E-state index contributed by atoms with van der Waals surface area (Å²) in [5.41, 5.74) is 7.96. The van der Waals surface area contributed by atoms with Crippen molar-refractivity contribution < 1.29 is 4.74 Å². The second kappa shape index (κ2) is 6.61. The smallest absolute Gasteiger partial charge is 0.128 e. The summed E-state index contributed by atoms with van der Waals surface area (Å²) in [6, 6.07) is 11.7. The summed E-state index contributed by atoms with van der Waals surface area (Å²) in [6.45, 7) is 3.99. The highest BCUT2D eigenvalue weighted by Gasteiger charge is 2.06. The van der Waals surface area contributed by atoms with E-state index in [9.17, 15) is 0 Å². The minimum Gasteiger partial charge on any atom is -0.457 e. The van der Waals surface area contributed by atoms with Gasteiger partial charge in [0.1, 0.15) is 11.5 Å². The number of ether oxygens (including phenoxy) is 1. The van der Waals surface area contributed by atoms with Gasteiger partial charge in [-0.2, -0.15) is 0 Å². The molecule has 1 atom stereocenters. The van der Waals surface area contributed by atoms with Crippen LogP contribution in [-0.4, -0.2) is 6.04 Å². The molecule has 2 N–H and O–H groups in total. The van der Waals surface area contributed by atoms with Crippen molar-refractivity contribution in [2.45, 2.75) is 26.3 Å². The third-order valence-electron chi connectivity index (χ3n) is 2.93. The van der Waals surface area contributed by atoms with Crippen LogP contribution in [0, 0.1) is 6.92 Å². The van der Waals surface area contributed by atoms with Crippen LogP contribution in [0.2, 0.25) is 5.02 Å². The van der Waals surface area contributed by atoms with Crippen LogP contribution in [0.1, 0.15) is 18.1 Å². The van der Waals surface area contributed by atoms with E-state index in [4.69, 9.17) is 22.1 Å². The van der Waals surface area contributed by atoms with Gasteiger partial charge in [-0.15, -0.1) is 0 Å². The third kappa shape index (κ3) is 3.98. The van der Waals surface area contributed by atoms with E-state index in [0.29, 0.717) is 5.02 Å². The Hall–Kier alpha value is -1.03. The molecule has 0 aromatic heterocycles. The van der Waals surface area contributed by atoms with Gasteiger partial charge in [0.2, 0.25) is 0 Å². The van der Waals surface area contributed by atoms with Crippen LogP contribution in [0.5, 0.6) is 11.5 Å². The Morgan fingerprint density at radius 3 is 2.45 bits per heavy atom. The molecular formula is C16H17BrClNO. The fourth-order valence-electron chi connectivity index (χ4n) is 1.92. The SMILES string of the molecule is Cc1cc(Oc2ccc(CC(C)N)c(Cl)c2)ccc1Br. The van der Waals surface area contributed by atoms with Gasteiger partial charge in [-0.25, -0.2) is 0 Å². The lowest BCUT2D eigenvalue weighted by atomic mass is 10.1. The fourth-order valence-corrected chi connectivity index (χ4v) is 2.42. The first-order valence-electron chi connectivity index (χ1n) is 6.43. The maximum atomic E-state index is 6.25. The number of nitrogens with two attached hydrogens (primary N) is 1. The lowest BCUT2D eigenvalue weighted by Crippen LogP contribution is -2.17. The number of halogens is 2. The molecule has 1 unspecified atom stereocenters. The van der Waals surface area contributed by atoms with Gasteiger partial charge in [0, 0.05) is 15.5 Å². The van der Waals surface area contributed by atoms with Crippen molar-refractivity contribution in [1.82, 2.24) is 0 Å². The van der Waals surface area contributed by atoms with Gasteiger partial charge in [-0.05, 0) is 61.7 Å². The zero-order chi connectivity index (χ0) is 14.7. The van der Waals surface area contributed by atoms with Gasteiger partial charge in [0.25, 0.3) is 0 Å². The highest BCUT2D eigenvalue weighted by atomic mass is 79.9. The van der Waals surface area contributed by atoms with Crippen molar-refractivity contribution in [3.63, 3.8) is 0 Å². The quantitative estimate of drug-likeness (QED) is 0.829. The predicted molar refractivity (Wildman–Crippen MR) is 87.8 cm³/mol. The van der Waals surface area contributed by atoms with E-state index in [1.54, 1.807) is 0 Å². The number of hydrogen-bond acceptors (Lipinski definition) is 2. The van der Waals surface area contributed by atoms with Gasteiger partial charge in [-0.3, -0.25) is 0 Å². The molecule has 0 aliphatic heterocycles. The van der Waals surface area contributed by atoms with Crippen LogP contribution in [-0.2, 0) is 6.42 Å². The molecule has 0 amide bonds. The minimum absolute atomic E-state index is 0.0911. The summed E-state index contributed by atoms with van der Waals surface area (Å²) in [6.07, 6.45) is 0.760. The molecule has 2 nitrogen and oxygen atoms in total. The van der Waals surface area contributed by atoms with Crippen molar-refractivity contribution in [3.05, 3.63) is 57.0 Å². The summed E-state index contributed by atoms with van der Waals surface area (Å²) in [4.78, 5) is 0. The molecule has 106 valence electrons. The molecule has 20 heavy (non-hydrogen) atoms. The molecule has 2 rings (SSSR count). The minimum atomic E-state index is 0.0911. The molecule has 2 aromatic rings. The Balaban J connectivity index is 2.17. The maximum absolute atomic E-state index is 6.25. The number of rotatable bonds is 4. The summed E-state index contributed by atoms with van der Waals surface area (Å²) >= 11 is 9.72. The highest BCUT2D eigenvalue weighted by molar-refractivity contribution is 9.10. The van der Waals surface area contributed by atoms with Crippen LogP contribution in [0.25, 0.3) is 0 Å². The Morgan fingerprint density at radius 2 is 1.85 bits per heavy atom. The van der Waals surface area contributed by atoms with Crippen LogP contribution in [0.4, 0.5) is 0 Å². The van der Waals surface area contributed by atoms with Crippen LogP contribution in [0.15, 0.2) is 40.9 Å². The standard InChI is InChI=1S/C16H17BrClNO/c1-10-7-13(5-6-15(10)17)20-14-4-3-12(8-11(2)19)16(18)9-14/h3-7,9,11H,8,19H2,1-2H3.